The lowest BCUT2D eigenvalue weighted by molar-refractivity contribution is 0.176. The van der Waals surface area contributed by atoms with Crippen LogP contribution in [-0.4, -0.2) is 12.0 Å². The highest BCUT2D eigenvalue weighted by Crippen LogP contribution is 2.37. The molecule has 3 rings (SSSR count). The van der Waals surface area contributed by atoms with Gasteiger partial charge < -0.3 is 4.74 Å². The van der Waals surface area contributed by atoms with Crippen molar-refractivity contribution in [2.75, 3.05) is 5.88 Å². The van der Waals surface area contributed by atoms with Crippen molar-refractivity contribution in [3.8, 4) is 5.75 Å². The zero-order valence-electron chi connectivity index (χ0n) is 10.8. The molecule has 0 aromatic heterocycles. The molecule has 1 saturated carbocycles. The van der Waals surface area contributed by atoms with Crippen molar-refractivity contribution in [2.24, 2.45) is 11.8 Å². The molecule has 0 saturated heterocycles. The number of rotatable bonds is 4. The van der Waals surface area contributed by atoms with Gasteiger partial charge in [0.15, 0.2) is 0 Å². The minimum Gasteiger partial charge on any atom is -0.490 e. The Morgan fingerprint density at radius 3 is 2.72 bits per heavy atom. The highest BCUT2D eigenvalue weighted by molar-refractivity contribution is 6.18. The second-order valence-corrected chi connectivity index (χ2v) is 6.05. The van der Waals surface area contributed by atoms with Gasteiger partial charge in [-0.3, -0.25) is 0 Å². The summed E-state index contributed by atoms with van der Waals surface area (Å²) in [6.07, 6.45) is 8.08. The Morgan fingerprint density at radius 2 is 2.00 bits per heavy atom. The first kappa shape index (κ1) is 12.3. The van der Waals surface area contributed by atoms with Crippen molar-refractivity contribution >= 4 is 11.6 Å². The lowest BCUT2D eigenvalue weighted by atomic mass is 9.87. The molecule has 2 atom stereocenters. The predicted molar refractivity (Wildman–Crippen MR) is 75.3 cm³/mol. The Morgan fingerprint density at radius 1 is 1.22 bits per heavy atom. The third-order valence-electron chi connectivity index (χ3n) is 4.54. The maximum Gasteiger partial charge on any atom is 0.123 e. The van der Waals surface area contributed by atoms with Crippen molar-refractivity contribution in [1.29, 1.82) is 0 Å². The average molecular weight is 265 g/mol. The lowest BCUT2D eigenvalue weighted by Crippen LogP contribution is -2.23. The standard InChI is InChI=1S/C16H21ClO/c17-11-14(12-5-1-2-6-12)10-15-9-13-7-3-4-8-16(13)18-15/h3-4,7-8,12,14-15H,1-2,5-6,9-11H2. The molecule has 0 amide bonds. The van der Waals surface area contributed by atoms with E-state index in [1.807, 2.05) is 0 Å². The van der Waals surface area contributed by atoms with Gasteiger partial charge in [-0.15, -0.1) is 11.6 Å². The van der Waals surface area contributed by atoms with Crippen LogP contribution in [0, 0.1) is 11.8 Å². The molecular weight excluding hydrogens is 244 g/mol. The molecule has 0 bridgehead atoms. The van der Waals surface area contributed by atoms with E-state index < -0.39 is 0 Å². The van der Waals surface area contributed by atoms with E-state index >= 15 is 0 Å². The van der Waals surface area contributed by atoms with Gasteiger partial charge in [-0.1, -0.05) is 43.9 Å². The smallest absolute Gasteiger partial charge is 0.123 e. The number of halogens is 1. The first-order valence-electron chi connectivity index (χ1n) is 7.17. The van der Waals surface area contributed by atoms with Gasteiger partial charge in [0.05, 0.1) is 0 Å². The maximum absolute atomic E-state index is 6.18. The molecule has 0 radical (unpaired) electrons. The minimum atomic E-state index is 0.353. The average Bonchev–Trinajstić information content (AvgIpc) is 3.04. The van der Waals surface area contributed by atoms with Crippen molar-refractivity contribution in [3.05, 3.63) is 29.8 Å². The van der Waals surface area contributed by atoms with Gasteiger partial charge in [-0.2, -0.15) is 0 Å². The maximum atomic E-state index is 6.18. The van der Waals surface area contributed by atoms with E-state index in [9.17, 15) is 0 Å². The van der Waals surface area contributed by atoms with Crippen LogP contribution in [0.1, 0.15) is 37.7 Å². The van der Waals surface area contributed by atoms with Crippen LogP contribution in [0.3, 0.4) is 0 Å². The molecule has 1 fully saturated rings. The van der Waals surface area contributed by atoms with E-state index in [0.29, 0.717) is 12.0 Å². The Balaban J connectivity index is 1.60. The molecule has 0 spiro atoms. The summed E-state index contributed by atoms with van der Waals surface area (Å²) in [6.45, 7) is 0. The van der Waals surface area contributed by atoms with Crippen LogP contribution >= 0.6 is 11.6 Å². The fourth-order valence-electron chi connectivity index (χ4n) is 3.53. The third kappa shape index (κ3) is 2.51. The molecule has 1 aromatic carbocycles. The second-order valence-electron chi connectivity index (χ2n) is 5.75. The molecular formula is C16H21ClO. The number of benzene rings is 1. The molecule has 1 aromatic rings. The molecule has 2 aliphatic rings. The molecule has 2 unspecified atom stereocenters. The Labute approximate surface area is 114 Å². The van der Waals surface area contributed by atoms with Gasteiger partial charge in [0.2, 0.25) is 0 Å². The predicted octanol–water partition coefficient (Wildman–Crippen LogP) is 4.43. The van der Waals surface area contributed by atoms with Gasteiger partial charge in [-0.05, 0) is 29.9 Å². The van der Waals surface area contributed by atoms with E-state index in [1.54, 1.807) is 0 Å². The van der Waals surface area contributed by atoms with E-state index in [2.05, 4.69) is 24.3 Å². The fourth-order valence-corrected chi connectivity index (χ4v) is 3.91. The van der Waals surface area contributed by atoms with Crippen LogP contribution in [-0.2, 0) is 6.42 Å². The number of fused-ring (bicyclic) bond motifs is 1. The fraction of sp³-hybridized carbons (Fsp3) is 0.625. The zero-order valence-corrected chi connectivity index (χ0v) is 11.5. The summed E-state index contributed by atoms with van der Waals surface area (Å²) in [7, 11) is 0. The Hall–Kier alpha value is -0.690. The Bertz CT molecular complexity index is 373. The van der Waals surface area contributed by atoms with Crippen LogP contribution < -0.4 is 4.74 Å². The summed E-state index contributed by atoms with van der Waals surface area (Å²) in [5.41, 5.74) is 1.36. The van der Waals surface area contributed by atoms with Crippen LogP contribution in [0.2, 0.25) is 0 Å². The van der Waals surface area contributed by atoms with E-state index in [1.165, 1.54) is 31.2 Å². The molecule has 0 N–H and O–H groups in total. The molecule has 1 aliphatic carbocycles. The highest BCUT2D eigenvalue weighted by Gasteiger charge is 2.30. The van der Waals surface area contributed by atoms with E-state index in [-0.39, 0.29) is 0 Å². The summed E-state index contributed by atoms with van der Waals surface area (Å²) >= 11 is 6.18. The van der Waals surface area contributed by atoms with Crippen LogP contribution in [0.4, 0.5) is 0 Å². The molecule has 1 heterocycles. The summed E-state index contributed by atoms with van der Waals surface area (Å²) in [5.74, 6) is 3.37. The van der Waals surface area contributed by atoms with Gasteiger partial charge >= 0.3 is 0 Å². The van der Waals surface area contributed by atoms with Crippen molar-refractivity contribution in [3.63, 3.8) is 0 Å². The molecule has 1 nitrogen and oxygen atoms in total. The van der Waals surface area contributed by atoms with E-state index in [0.717, 1.165) is 30.4 Å². The SMILES string of the molecule is ClCC(CC1Cc2ccccc2O1)C1CCCC1. The number of ether oxygens (including phenoxy) is 1. The van der Waals surface area contributed by atoms with Crippen molar-refractivity contribution in [2.45, 2.75) is 44.6 Å². The largest absolute Gasteiger partial charge is 0.490 e. The van der Waals surface area contributed by atoms with Crippen molar-refractivity contribution in [1.82, 2.24) is 0 Å². The summed E-state index contributed by atoms with van der Waals surface area (Å²) in [6, 6.07) is 8.42. The van der Waals surface area contributed by atoms with Crippen LogP contribution in [0.5, 0.6) is 5.75 Å². The van der Waals surface area contributed by atoms with Gasteiger partial charge in [0, 0.05) is 12.3 Å². The first-order valence-corrected chi connectivity index (χ1v) is 7.71. The summed E-state index contributed by atoms with van der Waals surface area (Å²) in [5, 5.41) is 0. The second kappa shape index (κ2) is 5.52. The lowest BCUT2D eigenvalue weighted by Gasteiger charge is -2.23. The number of hydrogen-bond acceptors (Lipinski definition) is 1. The van der Waals surface area contributed by atoms with Gasteiger partial charge in [0.1, 0.15) is 11.9 Å². The quantitative estimate of drug-likeness (QED) is 0.732. The molecule has 2 heteroatoms. The molecule has 18 heavy (non-hydrogen) atoms. The van der Waals surface area contributed by atoms with Crippen molar-refractivity contribution < 1.29 is 4.74 Å². The summed E-state index contributed by atoms with van der Waals surface area (Å²) < 4.78 is 6.04. The zero-order chi connectivity index (χ0) is 12.4. The highest BCUT2D eigenvalue weighted by atomic mass is 35.5. The molecule has 1 aliphatic heterocycles. The van der Waals surface area contributed by atoms with E-state index in [4.69, 9.17) is 16.3 Å². The topological polar surface area (TPSA) is 9.23 Å². The third-order valence-corrected chi connectivity index (χ3v) is 4.94. The Kier molecular flexibility index (Phi) is 3.79. The minimum absolute atomic E-state index is 0.353. The number of para-hydroxylation sites is 1. The monoisotopic (exact) mass is 264 g/mol. The molecule has 98 valence electrons. The summed E-state index contributed by atoms with van der Waals surface area (Å²) in [4.78, 5) is 0. The number of alkyl halides is 1. The first-order chi connectivity index (χ1) is 8.86. The normalized spacial score (nSPS) is 24.8. The van der Waals surface area contributed by atoms with Crippen LogP contribution in [0.15, 0.2) is 24.3 Å². The number of hydrogen-bond donors (Lipinski definition) is 0. The van der Waals surface area contributed by atoms with Gasteiger partial charge in [0.25, 0.3) is 0 Å². The van der Waals surface area contributed by atoms with Crippen LogP contribution in [0.25, 0.3) is 0 Å². The van der Waals surface area contributed by atoms with Gasteiger partial charge in [-0.25, -0.2) is 0 Å².